The van der Waals surface area contributed by atoms with Crippen molar-refractivity contribution in [3.8, 4) is 11.5 Å². The highest BCUT2D eigenvalue weighted by Gasteiger charge is 2.13. The monoisotopic (exact) mass is 506 g/mol. The van der Waals surface area contributed by atoms with Gasteiger partial charge < -0.3 is 15.2 Å². The molecular weight excluding hydrogens is 484 g/mol. The van der Waals surface area contributed by atoms with Gasteiger partial charge in [0, 0.05) is 17.6 Å². The molecule has 0 atom stereocenters. The van der Waals surface area contributed by atoms with Crippen molar-refractivity contribution in [3.63, 3.8) is 0 Å². The third-order valence-corrected chi connectivity index (χ3v) is 5.73. The van der Waals surface area contributed by atoms with E-state index in [9.17, 15) is 19.5 Å². The highest BCUT2D eigenvalue weighted by molar-refractivity contribution is 6.30. The summed E-state index contributed by atoms with van der Waals surface area (Å²) in [7, 11) is 0. The van der Waals surface area contributed by atoms with E-state index in [-0.39, 0.29) is 18.7 Å². The largest absolute Gasteiger partial charge is 0.478 e. The molecule has 2 aromatic heterocycles. The maximum absolute atomic E-state index is 13.1. The molecule has 36 heavy (non-hydrogen) atoms. The van der Waals surface area contributed by atoms with Crippen molar-refractivity contribution in [2.45, 2.75) is 26.9 Å². The van der Waals surface area contributed by atoms with Crippen LogP contribution in [0, 0.1) is 6.92 Å². The zero-order valence-electron chi connectivity index (χ0n) is 19.6. The number of aromatic nitrogens is 3. The number of anilines is 2. The van der Waals surface area contributed by atoms with E-state index in [1.54, 1.807) is 44.2 Å². The smallest absolute Gasteiger partial charge is 0.335 e. The van der Waals surface area contributed by atoms with Gasteiger partial charge in [0.1, 0.15) is 23.1 Å². The Bertz CT molecular complexity index is 1540. The molecule has 0 fully saturated rings. The number of aromatic carboxylic acids is 1. The molecule has 2 N–H and O–H groups in total. The average Bonchev–Trinajstić information content (AvgIpc) is 2.85. The van der Waals surface area contributed by atoms with E-state index in [0.29, 0.717) is 33.7 Å². The Kier molecular flexibility index (Phi) is 7.21. The minimum Gasteiger partial charge on any atom is -0.478 e. The number of halogens is 1. The van der Waals surface area contributed by atoms with Crippen molar-refractivity contribution in [1.82, 2.24) is 14.1 Å². The Morgan fingerprint density at radius 1 is 1.08 bits per heavy atom. The first-order chi connectivity index (χ1) is 17.2. The van der Waals surface area contributed by atoms with Gasteiger partial charge in [0.25, 0.3) is 5.56 Å². The van der Waals surface area contributed by atoms with E-state index in [0.717, 1.165) is 10.1 Å². The van der Waals surface area contributed by atoms with Gasteiger partial charge in [0.15, 0.2) is 0 Å². The number of ether oxygens (including phenoxy) is 1. The number of benzene rings is 2. The van der Waals surface area contributed by atoms with Crippen molar-refractivity contribution in [2.24, 2.45) is 0 Å². The summed E-state index contributed by atoms with van der Waals surface area (Å²) in [6, 6.07) is 16.3. The van der Waals surface area contributed by atoms with Crippen LogP contribution in [-0.2, 0) is 13.1 Å². The third-order valence-electron chi connectivity index (χ3n) is 5.48. The number of rotatable bonds is 8. The lowest BCUT2D eigenvalue weighted by Crippen LogP contribution is -2.40. The Balaban J connectivity index is 1.64. The number of carboxylic acids is 1. The highest BCUT2D eigenvalue weighted by atomic mass is 35.5. The van der Waals surface area contributed by atoms with Gasteiger partial charge in [-0.3, -0.25) is 13.9 Å². The molecular formula is C26H23ClN4O5. The van der Waals surface area contributed by atoms with Crippen molar-refractivity contribution in [2.75, 3.05) is 5.32 Å². The van der Waals surface area contributed by atoms with E-state index in [1.807, 2.05) is 12.1 Å². The highest BCUT2D eigenvalue weighted by Crippen LogP contribution is 2.27. The molecule has 0 aliphatic heterocycles. The Hall–Kier alpha value is -4.37. The maximum Gasteiger partial charge on any atom is 0.335 e. The average molecular weight is 507 g/mol. The molecule has 184 valence electrons. The summed E-state index contributed by atoms with van der Waals surface area (Å²) in [5.41, 5.74) is 0.783. The second-order valence-corrected chi connectivity index (χ2v) is 8.44. The zero-order chi connectivity index (χ0) is 25.8. The van der Waals surface area contributed by atoms with Crippen LogP contribution in [0.15, 0.2) is 76.4 Å². The quantitative estimate of drug-likeness (QED) is 0.357. The summed E-state index contributed by atoms with van der Waals surface area (Å²) in [4.78, 5) is 41.2. The number of hydrogen-bond acceptors (Lipinski definition) is 6. The molecule has 4 aromatic rings. The van der Waals surface area contributed by atoms with Crippen LogP contribution in [0.25, 0.3) is 0 Å². The number of carbonyl (C=O) groups is 1. The Labute approximate surface area is 211 Å². The lowest BCUT2D eigenvalue weighted by Gasteiger charge is -2.17. The van der Waals surface area contributed by atoms with Crippen molar-refractivity contribution >= 4 is 29.2 Å². The molecule has 10 heteroatoms. The molecule has 0 saturated heterocycles. The number of hydrogen-bond donors (Lipinski definition) is 2. The van der Waals surface area contributed by atoms with E-state index in [4.69, 9.17) is 16.3 Å². The van der Waals surface area contributed by atoms with Crippen LogP contribution >= 0.6 is 11.6 Å². The topological polar surface area (TPSA) is 115 Å². The van der Waals surface area contributed by atoms with Crippen LogP contribution in [0.1, 0.15) is 28.4 Å². The fourth-order valence-electron chi connectivity index (χ4n) is 3.61. The number of carboxylic acid groups (broad SMARTS) is 1. The molecule has 0 aliphatic carbocycles. The minimum atomic E-state index is -1.05. The van der Waals surface area contributed by atoms with E-state index < -0.39 is 17.2 Å². The predicted octanol–water partition coefficient (Wildman–Crippen LogP) is 4.67. The summed E-state index contributed by atoms with van der Waals surface area (Å²) in [5.74, 6) is 0.435. The molecule has 9 nitrogen and oxygen atoms in total. The molecule has 0 radical (unpaired) electrons. The molecule has 0 aliphatic rings. The van der Waals surface area contributed by atoms with E-state index in [2.05, 4.69) is 10.3 Å². The minimum absolute atomic E-state index is 0.108. The van der Waals surface area contributed by atoms with Gasteiger partial charge in [0.2, 0.25) is 0 Å². The number of nitrogens with zero attached hydrogens (tertiary/aromatic N) is 3. The fourth-order valence-corrected chi connectivity index (χ4v) is 3.73. The van der Waals surface area contributed by atoms with Gasteiger partial charge >= 0.3 is 11.7 Å². The van der Waals surface area contributed by atoms with Crippen LogP contribution < -0.4 is 21.3 Å². The molecule has 0 amide bonds. The van der Waals surface area contributed by atoms with E-state index >= 15 is 0 Å². The maximum atomic E-state index is 13.1. The standard InChI is InChI=1S/C26H23ClN4O5/c1-3-30-24(32)13-23(31(26(30)35)15-17-7-9-19(27)10-8-17)29-22-11-16(2)21(14-28-22)36-20-6-4-5-18(12-20)25(33)34/h4-14H,3,15H2,1-2H3,(H,28,29)(H,33,34). The molecule has 0 saturated carbocycles. The summed E-state index contributed by atoms with van der Waals surface area (Å²) >= 11 is 5.98. The number of pyridine rings is 1. The lowest BCUT2D eigenvalue weighted by molar-refractivity contribution is 0.0696. The molecule has 2 heterocycles. The van der Waals surface area contributed by atoms with Gasteiger partial charge in [-0.1, -0.05) is 29.8 Å². The predicted molar refractivity (Wildman–Crippen MR) is 137 cm³/mol. The van der Waals surface area contributed by atoms with Gasteiger partial charge in [-0.15, -0.1) is 0 Å². The van der Waals surface area contributed by atoms with Crippen molar-refractivity contribution in [3.05, 3.63) is 109 Å². The second-order valence-electron chi connectivity index (χ2n) is 8.00. The van der Waals surface area contributed by atoms with Crippen LogP contribution in [0.2, 0.25) is 5.02 Å². The first kappa shape index (κ1) is 24.7. The van der Waals surface area contributed by atoms with E-state index in [1.165, 1.54) is 29.0 Å². The lowest BCUT2D eigenvalue weighted by atomic mass is 10.2. The van der Waals surface area contributed by atoms with Crippen LogP contribution in [-0.4, -0.2) is 25.2 Å². The molecule has 0 bridgehead atoms. The number of nitrogens with one attached hydrogen (secondary N) is 1. The summed E-state index contributed by atoms with van der Waals surface area (Å²) in [5, 5.41) is 12.8. The Morgan fingerprint density at radius 3 is 2.50 bits per heavy atom. The molecule has 2 aromatic carbocycles. The van der Waals surface area contributed by atoms with Crippen LogP contribution in [0.4, 0.5) is 11.6 Å². The van der Waals surface area contributed by atoms with Crippen LogP contribution in [0.5, 0.6) is 11.5 Å². The first-order valence-corrected chi connectivity index (χ1v) is 11.5. The second kappa shape index (κ2) is 10.5. The normalized spacial score (nSPS) is 10.8. The summed E-state index contributed by atoms with van der Waals surface area (Å²) in [6.45, 7) is 4.00. The molecule has 0 unspecified atom stereocenters. The van der Waals surface area contributed by atoms with Gasteiger partial charge in [0.05, 0.1) is 18.3 Å². The van der Waals surface area contributed by atoms with Gasteiger partial charge in [-0.05, 0) is 61.4 Å². The van der Waals surface area contributed by atoms with Gasteiger partial charge in [-0.25, -0.2) is 14.6 Å². The fraction of sp³-hybridized carbons (Fsp3) is 0.154. The number of aryl methyl sites for hydroxylation is 1. The molecule has 0 spiro atoms. The zero-order valence-corrected chi connectivity index (χ0v) is 20.3. The summed E-state index contributed by atoms with van der Waals surface area (Å²) < 4.78 is 8.43. The first-order valence-electron chi connectivity index (χ1n) is 11.1. The Morgan fingerprint density at radius 2 is 1.83 bits per heavy atom. The SMILES string of the molecule is CCn1c(=O)cc(Nc2cc(C)c(Oc3cccc(C(=O)O)c3)cn2)n(Cc2ccc(Cl)cc2)c1=O. The van der Waals surface area contributed by atoms with Crippen LogP contribution in [0.3, 0.4) is 0 Å². The van der Waals surface area contributed by atoms with Crippen molar-refractivity contribution in [1.29, 1.82) is 0 Å². The summed E-state index contributed by atoms with van der Waals surface area (Å²) in [6.07, 6.45) is 1.49. The van der Waals surface area contributed by atoms with Gasteiger partial charge in [-0.2, -0.15) is 0 Å². The molecule has 4 rings (SSSR count). The third kappa shape index (κ3) is 5.47. The van der Waals surface area contributed by atoms with Crippen molar-refractivity contribution < 1.29 is 14.6 Å².